The fourth-order valence-corrected chi connectivity index (χ4v) is 7.33. The molecule has 0 bridgehead atoms. The first-order valence-electron chi connectivity index (χ1n) is 11.6. The number of rotatable bonds is 14. The van der Waals surface area contributed by atoms with Crippen LogP contribution < -0.4 is 4.74 Å². The smallest absolute Gasteiger partial charge is 0.469 e. The summed E-state index contributed by atoms with van der Waals surface area (Å²) >= 11 is 1.25. The summed E-state index contributed by atoms with van der Waals surface area (Å²) in [5.74, 6) is 2.06. The maximum absolute atomic E-state index is 12.0. The van der Waals surface area contributed by atoms with Gasteiger partial charge in [0.2, 0.25) is 0 Å². The molecule has 2 atom stereocenters. The first-order valence-corrected chi connectivity index (χ1v) is 14.9. The summed E-state index contributed by atoms with van der Waals surface area (Å²) in [4.78, 5) is 28.0. The zero-order valence-corrected chi connectivity index (χ0v) is 23.5. The molecule has 7 nitrogen and oxygen atoms in total. The number of benzene rings is 1. The van der Waals surface area contributed by atoms with Crippen molar-refractivity contribution in [2.24, 2.45) is 10.8 Å². The van der Waals surface area contributed by atoms with Crippen molar-refractivity contribution in [1.82, 2.24) is 4.98 Å². The molecular formula is C25H34N2O5S3. The molecule has 0 N–H and O–H groups in total. The van der Waals surface area contributed by atoms with Gasteiger partial charge in [0.25, 0.3) is 0 Å². The van der Waals surface area contributed by atoms with E-state index in [4.69, 9.17) is 19.5 Å². The van der Waals surface area contributed by atoms with Crippen LogP contribution in [-0.2, 0) is 14.3 Å². The number of hydrogen-bond acceptors (Lipinski definition) is 10. The quantitative estimate of drug-likeness (QED) is 0.107. The van der Waals surface area contributed by atoms with Crippen molar-refractivity contribution in [3.63, 3.8) is 0 Å². The Morgan fingerprint density at radius 2 is 1.91 bits per heavy atom. The van der Waals surface area contributed by atoms with Gasteiger partial charge in [0.15, 0.2) is 5.01 Å². The molecule has 192 valence electrons. The molecule has 2 aromatic rings. The van der Waals surface area contributed by atoms with Gasteiger partial charge in [0, 0.05) is 17.6 Å². The predicted molar refractivity (Wildman–Crippen MR) is 144 cm³/mol. The van der Waals surface area contributed by atoms with Crippen LogP contribution in [0.4, 0.5) is 4.79 Å². The number of hydrogen-bond donors (Lipinski definition) is 0. The highest BCUT2D eigenvalue weighted by Gasteiger charge is 2.35. The molecule has 1 aromatic carbocycles. The molecule has 0 aliphatic carbocycles. The number of ether oxygens (including phenoxy) is 3. The molecule has 0 fully saturated rings. The summed E-state index contributed by atoms with van der Waals surface area (Å²) < 4.78 is 16.1. The zero-order valence-electron chi connectivity index (χ0n) is 21.0. The van der Waals surface area contributed by atoms with Crippen molar-refractivity contribution in [3.05, 3.63) is 23.2 Å². The van der Waals surface area contributed by atoms with Gasteiger partial charge in [-0.2, -0.15) is 5.26 Å². The predicted octanol–water partition coefficient (Wildman–Crippen LogP) is 7.24. The van der Waals surface area contributed by atoms with Gasteiger partial charge in [-0.1, -0.05) is 55.7 Å². The molecule has 0 aliphatic heterocycles. The number of nitriles is 1. The number of fused-ring (bicyclic) bond motifs is 1. The number of esters is 1. The average Bonchev–Trinajstić information content (AvgIpc) is 3.25. The van der Waals surface area contributed by atoms with E-state index in [1.165, 1.54) is 18.4 Å². The van der Waals surface area contributed by atoms with Crippen LogP contribution >= 0.6 is 32.9 Å². The van der Waals surface area contributed by atoms with E-state index in [1.807, 2.05) is 16.9 Å². The van der Waals surface area contributed by atoms with Gasteiger partial charge in [-0.25, -0.2) is 9.78 Å². The third kappa shape index (κ3) is 9.54. The highest BCUT2D eigenvalue weighted by molar-refractivity contribution is 8.76. The molecule has 0 radical (unpaired) electrons. The summed E-state index contributed by atoms with van der Waals surface area (Å²) in [6.45, 7) is 9.08. The van der Waals surface area contributed by atoms with Gasteiger partial charge in [-0.15, -0.1) is 11.3 Å². The largest absolute Gasteiger partial charge is 0.513 e. The SMILES string of the molecule is CCC(C)(CSSCCCOC(=O)Oc1ccc2nc(C#N)sc2c1)CC(C)(CC)CC(=O)OC. The monoisotopic (exact) mass is 538 g/mol. The lowest BCUT2D eigenvalue weighted by molar-refractivity contribution is -0.143. The Balaban J connectivity index is 1.67. The highest BCUT2D eigenvalue weighted by atomic mass is 33.1. The molecule has 2 unspecified atom stereocenters. The Kier molecular flexibility index (Phi) is 11.7. The van der Waals surface area contributed by atoms with Gasteiger partial charge < -0.3 is 14.2 Å². The lowest BCUT2D eigenvalue weighted by Crippen LogP contribution is -2.31. The van der Waals surface area contributed by atoms with Crippen molar-refractivity contribution in [3.8, 4) is 11.8 Å². The van der Waals surface area contributed by atoms with Crippen LogP contribution in [0, 0.1) is 22.2 Å². The van der Waals surface area contributed by atoms with E-state index in [9.17, 15) is 9.59 Å². The molecule has 10 heteroatoms. The second kappa shape index (κ2) is 14.0. The lowest BCUT2D eigenvalue weighted by Gasteiger charge is -2.38. The Bertz CT molecular complexity index is 1040. The van der Waals surface area contributed by atoms with Crippen molar-refractivity contribution in [2.75, 3.05) is 25.2 Å². The van der Waals surface area contributed by atoms with Crippen LogP contribution in [-0.4, -0.2) is 42.3 Å². The third-order valence-electron chi connectivity index (χ3n) is 6.10. The fourth-order valence-electron chi connectivity index (χ4n) is 3.70. The van der Waals surface area contributed by atoms with Crippen LogP contribution in [0.1, 0.15) is 64.8 Å². The number of methoxy groups -OCH3 is 1. The first-order chi connectivity index (χ1) is 16.7. The van der Waals surface area contributed by atoms with Gasteiger partial charge >= 0.3 is 12.1 Å². The number of carbonyl (C=O) groups is 2. The molecule has 1 aromatic heterocycles. The van der Waals surface area contributed by atoms with Gasteiger partial charge in [0.05, 0.1) is 30.4 Å². The molecule has 35 heavy (non-hydrogen) atoms. The van der Waals surface area contributed by atoms with E-state index in [2.05, 4.69) is 32.7 Å². The van der Waals surface area contributed by atoms with E-state index in [-0.39, 0.29) is 23.4 Å². The Labute approximate surface area is 219 Å². The minimum Gasteiger partial charge on any atom is -0.469 e. The molecule has 0 amide bonds. The molecule has 1 heterocycles. The summed E-state index contributed by atoms with van der Waals surface area (Å²) in [5.41, 5.74) is 0.757. The second-order valence-corrected chi connectivity index (χ2v) is 12.8. The lowest BCUT2D eigenvalue weighted by atomic mass is 9.69. The van der Waals surface area contributed by atoms with Gasteiger partial charge in [-0.3, -0.25) is 4.79 Å². The standard InChI is InChI=1S/C25H34N2O5S3/c1-6-24(3,14-22(28)30-5)16-25(4,7-2)17-34-33-12-8-11-31-23(29)32-18-9-10-19-20(13-18)35-21(15-26)27-19/h9-10,13H,6-8,11-12,14,16-17H2,1-5H3. The molecule has 0 aliphatic rings. The normalized spacial score (nSPS) is 14.5. The maximum Gasteiger partial charge on any atom is 0.513 e. The topological polar surface area (TPSA) is 98.5 Å². The van der Waals surface area contributed by atoms with Crippen LogP contribution in [0.15, 0.2) is 18.2 Å². The average molecular weight is 539 g/mol. The summed E-state index contributed by atoms with van der Waals surface area (Å²) in [5, 5.41) is 9.32. The van der Waals surface area contributed by atoms with Gasteiger partial charge in [-0.05, 0) is 42.2 Å². The minimum atomic E-state index is -0.741. The second-order valence-electron chi connectivity index (χ2n) is 9.16. The molecular weight excluding hydrogens is 504 g/mol. The van der Waals surface area contributed by atoms with Crippen LogP contribution in [0.5, 0.6) is 5.75 Å². The van der Waals surface area contributed by atoms with E-state index < -0.39 is 6.16 Å². The summed E-state index contributed by atoms with van der Waals surface area (Å²) in [6, 6.07) is 7.04. The molecule has 0 saturated carbocycles. The van der Waals surface area contributed by atoms with Crippen LogP contribution in [0.3, 0.4) is 0 Å². The van der Waals surface area contributed by atoms with E-state index in [0.717, 1.165) is 41.9 Å². The van der Waals surface area contributed by atoms with Crippen LogP contribution in [0.2, 0.25) is 0 Å². The van der Waals surface area contributed by atoms with Gasteiger partial charge in [0.1, 0.15) is 11.8 Å². The van der Waals surface area contributed by atoms with Crippen molar-refractivity contribution >= 4 is 55.3 Å². The Morgan fingerprint density at radius 1 is 1.17 bits per heavy atom. The number of thiazole rings is 1. The van der Waals surface area contributed by atoms with Crippen LogP contribution in [0.25, 0.3) is 10.2 Å². The van der Waals surface area contributed by atoms with E-state index in [0.29, 0.717) is 22.7 Å². The molecule has 2 rings (SSSR count). The number of carbonyl (C=O) groups excluding carboxylic acids is 2. The first kappa shape index (κ1) is 29.3. The van der Waals surface area contributed by atoms with Crippen molar-refractivity contribution in [2.45, 2.75) is 59.8 Å². The Hall–Kier alpha value is -1.96. The number of aromatic nitrogens is 1. The summed E-state index contributed by atoms with van der Waals surface area (Å²) in [7, 11) is 5.04. The zero-order chi connectivity index (χ0) is 25.9. The Morgan fingerprint density at radius 3 is 2.57 bits per heavy atom. The van der Waals surface area contributed by atoms with E-state index >= 15 is 0 Å². The fraction of sp³-hybridized carbons (Fsp3) is 0.600. The molecule has 0 saturated heterocycles. The van der Waals surface area contributed by atoms with Crippen molar-refractivity contribution in [1.29, 1.82) is 5.26 Å². The molecule has 0 spiro atoms. The maximum atomic E-state index is 12.0. The van der Waals surface area contributed by atoms with E-state index in [1.54, 1.807) is 29.0 Å². The highest BCUT2D eigenvalue weighted by Crippen LogP contribution is 2.44. The number of nitrogens with zero attached hydrogens (tertiary/aromatic N) is 2. The minimum absolute atomic E-state index is 0.0696. The third-order valence-corrected chi connectivity index (χ3v) is 9.81. The van der Waals surface area contributed by atoms with Crippen molar-refractivity contribution < 1.29 is 23.8 Å². The summed E-state index contributed by atoms with van der Waals surface area (Å²) in [6.07, 6.45) is 3.37.